The van der Waals surface area contributed by atoms with E-state index in [0.717, 1.165) is 30.5 Å². The molecule has 2 aromatic carbocycles. The van der Waals surface area contributed by atoms with Gasteiger partial charge in [-0.3, -0.25) is 0 Å². The van der Waals surface area contributed by atoms with Gasteiger partial charge in [0.25, 0.3) is 0 Å². The van der Waals surface area contributed by atoms with Gasteiger partial charge < -0.3 is 4.74 Å². The van der Waals surface area contributed by atoms with E-state index < -0.39 is 28.9 Å². The van der Waals surface area contributed by atoms with Crippen LogP contribution in [0.25, 0.3) is 11.7 Å². The van der Waals surface area contributed by atoms with Gasteiger partial charge in [0, 0.05) is 5.56 Å². The van der Waals surface area contributed by atoms with E-state index in [4.69, 9.17) is 4.74 Å². The van der Waals surface area contributed by atoms with Gasteiger partial charge in [-0.05, 0) is 31.0 Å². The number of hydrogen-bond acceptors (Lipinski definition) is 1. The SMILES string of the molecule is CCCc1ccc(/C(F)=C(\F)c2ccc(OCC)c(F)c2F)cc1. The number of rotatable bonds is 6. The van der Waals surface area contributed by atoms with Crippen LogP contribution in [0.15, 0.2) is 36.4 Å². The summed E-state index contributed by atoms with van der Waals surface area (Å²) in [6.45, 7) is 3.75. The summed E-state index contributed by atoms with van der Waals surface area (Å²) in [4.78, 5) is 0. The van der Waals surface area contributed by atoms with Crippen LogP contribution >= 0.6 is 0 Å². The van der Waals surface area contributed by atoms with Crippen molar-refractivity contribution < 1.29 is 22.3 Å². The van der Waals surface area contributed by atoms with Crippen molar-refractivity contribution in [3.8, 4) is 5.75 Å². The summed E-state index contributed by atoms with van der Waals surface area (Å²) in [7, 11) is 0. The van der Waals surface area contributed by atoms with E-state index in [9.17, 15) is 17.6 Å². The molecular weight excluding hydrogens is 320 g/mol. The highest BCUT2D eigenvalue weighted by Gasteiger charge is 2.20. The molecular formula is C19H18F4O. The molecule has 0 fully saturated rings. The van der Waals surface area contributed by atoms with E-state index in [2.05, 4.69) is 0 Å². The third-order valence-electron chi connectivity index (χ3n) is 3.52. The standard InChI is InChI=1S/C19H18F4O/c1-3-5-12-6-8-13(9-7-12)16(20)17(21)14-10-11-15(24-4-2)19(23)18(14)22/h6-11H,3-5H2,1-2H3/b17-16+. The Morgan fingerprint density at radius 2 is 1.54 bits per heavy atom. The van der Waals surface area contributed by atoms with Gasteiger partial charge in [0.05, 0.1) is 12.2 Å². The van der Waals surface area contributed by atoms with Crippen LogP contribution in [-0.2, 0) is 6.42 Å². The molecule has 0 bridgehead atoms. The summed E-state index contributed by atoms with van der Waals surface area (Å²) in [5, 5.41) is 0. The molecule has 0 unspecified atom stereocenters. The molecule has 2 aromatic rings. The minimum absolute atomic E-state index is 0.0268. The Kier molecular flexibility index (Phi) is 6.01. The minimum atomic E-state index is -1.48. The third-order valence-corrected chi connectivity index (χ3v) is 3.52. The second kappa shape index (κ2) is 7.99. The van der Waals surface area contributed by atoms with Gasteiger partial charge in [-0.25, -0.2) is 13.2 Å². The maximum atomic E-state index is 14.3. The molecule has 0 saturated heterocycles. The highest BCUT2D eigenvalue weighted by Crippen LogP contribution is 2.33. The van der Waals surface area contributed by atoms with Gasteiger partial charge >= 0.3 is 0 Å². The first-order valence-corrected chi connectivity index (χ1v) is 7.75. The van der Waals surface area contributed by atoms with Gasteiger partial charge in [0.15, 0.2) is 23.2 Å². The van der Waals surface area contributed by atoms with E-state index in [-0.39, 0.29) is 17.9 Å². The topological polar surface area (TPSA) is 9.23 Å². The fourth-order valence-corrected chi connectivity index (χ4v) is 2.32. The van der Waals surface area contributed by atoms with E-state index in [1.165, 1.54) is 12.1 Å². The van der Waals surface area contributed by atoms with Gasteiger partial charge in [-0.1, -0.05) is 37.6 Å². The summed E-state index contributed by atoms with van der Waals surface area (Å²) in [5.41, 5.74) is 0.194. The van der Waals surface area contributed by atoms with Crippen molar-refractivity contribution in [2.24, 2.45) is 0 Å². The largest absolute Gasteiger partial charge is 0.491 e. The maximum absolute atomic E-state index is 14.3. The molecule has 1 nitrogen and oxygen atoms in total. The van der Waals surface area contributed by atoms with Crippen LogP contribution in [0.1, 0.15) is 37.0 Å². The smallest absolute Gasteiger partial charge is 0.201 e. The van der Waals surface area contributed by atoms with Crippen LogP contribution in [-0.4, -0.2) is 6.61 Å². The molecule has 0 aromatic heterocycles. The first kappa shape index (κ1) is 18.0. The Labute approximate surface area is 138 Å². The van der Waals surface area contributed by atoms with Crippen LogP contribution < -0.4 is 4.74 Å². The lowest BCUT2D eigenvalue weighted by Crippen LogP contribution is -2.00. The van der Waals surface area contributed by atoms with Gasteiger partial charge in [0.1, 0.15) is 0 Å². The minimum Gasteiger partial charge on any atom is -0.491 e. The average molecular weight is 338 g/mol. The molecule has 0 aliphatic heterocycles. The highest BCUT2D eigenvalue weighted by molar-refractivity contribution is 5.83. The van der Waals surface area contributed by atoms with Crippen molar-refractivity contribution in [1.82, 2.24) is 0 Å². The van der Waals surface area contributed by atoms with E-state index in [1.807, 2.05) is 6.92 Å². The molecule has 0 N–H and O–H groups in total. The lowest BCUT2D eigenvalue weighted by Gasteiger charge is -2.09. The van der Waals surface area contributed by atoms with Crippen molar-refractivity contribution in [3.05, 3.63) is 64.7 Å². The summed E-state index contributed by atoms with van der Waals surface area (Å²) in [6, 6.07) is 8.24. The molecule has 24 heavy (non-hydrogen) atoms. The molecule has 0 atom stereocenters. The fraction of sp³-hybridized carbons (Fsp3) is 0.263. The Morgan fingerprint density at radius 1 is 0.875 bits per heavy atom. The summed E-state index contributed by atoms with van der Waals surface area (Å²) >= 11 is 0. The monoisotopic (exact) mass is 338 g/mol. The summed E-state index contributed by atoms with van der Waals surface area (Å²) < 4.78 is 61.2. The number of hydrogen-bond donors (Lipinski definition) is 0. The normalized spacial score (nSPS) is 12.1. The maximum Gasteiger partial charge on any atom is 0.201 e. The van der Waals surface area contributed by atoms with Crippen molar-refractivity contribution in [2.45, 2.75) is 26.7 Å². The fourth-order valence-electron chi connectivity index (χ4n) is 2.32. The molecule has 0 amide bonds. The van der Waals surface area contributed by atoms with Crippen molar-refractivity contribution in [3.63, 3.8) is 0 Å². The first-order chi connectivity index (χ1) is 11.5. The van der Waals surface area contributed by atoms with Crippen LogP contribution in [0.5, 0.6) is 5.75 Å². The van der Waals surface area contributed by atoms with E-state index >= 15 is 0 Å². The molecule has 0 aliphatic rings. The number of halogens is 4. The Balaban J connectivity index is 2.39. The Bertz CT molecular complexity index is 736. The van der Waals surface area contributed by atoms with Crippen LogP contribution in [0.3, 0.4) is 0 Å². The Morgan fingerprint density at radius 3 is 2.12 bits per heavy atom. The predicted molar refractivity (Wildman–Crippen MR) is 87.0 cm³/mol. The zero-order valence-corrected chi connectivity index (χ0v) is 13.5. The molecule has 0 heterocycles. The van der Waals surface area contributed by atoms with Crippen molar-refractivity contribution in [2.75, 3.05) is 6.61 Å². The second-order valence-corrected chi connectivity index (χ2v) is 5.25. The average Bonchev–Trinajstić information content (AvgIpc) is 2.59. The molecule has 2 rings (SSSR count). The summed E-state index contributed by atoms with van der Waals surface area (Å²) in [5.74, 6) is -5.83. The van der Waals surface area contributed by atoms with Crippen LogP contribution in [0, 0.1) is 11.6 Å². The molecule has 0 radical (unpaired) electrons. The van der Waals surface area contributed by atoms with Crippen molar-refractivity contribution in [1.29, 1.82) is 0 Å². The molecule has 5 heteroatoms. The van der Waals surface area contributed by atoms with E-state index in [1.54, 1.807) is 19.1 Å². The van der Waals surface area contributed by atoms with Gasteiger partial charge in [-0.2, -0.15) is 4.39 Å². The second-order valence-electron chi connectivity index (χ2n) is 5.25. The zero-order chi connectivity index (χ0) is 17.7. The van der Waals surface area contributed by atoms with Crippen molar-refractivity contribution >= 4 is 11.7 Å². The third kappa shape index (κ3) is 3.78. The zero-order valence-electron chi connectivity index (χ0n) is 13.5. The molecule has 0 saturated carbocycles. The van der Waals surface area contributed by atoms with Crippen LogP contribution in [0.2, 0.25) is 0 Å². The van der Waals surface area contributed by atoms with Gasteiger partial charge in [0.2, 0.25) is 5.82 Å². The summed E-state index contributed by atoms with van der Waals surface area (Å²) in [6.07, 6.45) is 1.76. The molecule has 0 aliphatic carbocycles. The van der Waals surface area contributed by atoms with Crippen LogP contribution in [0.4, 0.5) is 17.6 Å². The van der Waals surface area contributed by atoms with Gasteiger partial charge in [-0.15, -0.1) is 0 Å². The number of benzene rings is 2. The quantitative estimate of drug-likeness (QED) is 0.458. The lowest BCUT2D eigenvalue weighted by molar-refractivity contribution is 0.313. The van der Waals surface area contributed by atoms with E-state index in [0.29, 0.717) is 0 Å². The highest BCUT2D eigenvalue weighted by atomic mass is 19.2. The predicted octanol–water partition coefficient (Wildman–Crippen LogP) is 6.08. The molecule has 0 spiro atoms. The lowest BCUT2D eigenvalue weighted by atomic mass is 10.0. The number of aryl methyl sites for hydroxylation is 1. The first-order valence-electron chi connectivity index (χ1n) is 7.75. The Hall–Kier alpha value is -2.30. The number of ether oxygens (including phenoxy) is 1. The molecule has 128 valence electrons.